The molecule has 1 aliphatic heterocycles. The normalized spacial score (nSPS) is 20.6. The molecule has 0 spiro atoms. The van der Waals surface area contributed by atoms with Gasteiger partial charge in [0.05, 0.1) is 12.1 Å². The van der Waals surface area contributed by atoms with Crippen LogP contribution in [0.4, 0.5) is 4.39 Å². The molecule has 2 unspecified atom stereocenters. The van der Waals surface area contributed by atoms with Crippen LogP contribution in [0.5, 0.6) is 11.5 Å². The zero-order chi connectivity index (χ0) is 15.0. The number of halogens is 2. The first kappa shape index (κ1) is 14.2. The van der Waals surface area contributed by atoms with Crippen LogP contribution in [-0.4, -0.2) is 7.11 Å². The Labute approximate surface area is 127 Å². The van der Waals surface area contributed by atoms with Crippen molar-refractivity contribution in [2.75, 3.05) is 7.11 Å². The standard InChI is InChI=1S/C16H15ClFNO2/c1-20-10-3-4-11-14(19)8-15(21-16(11)7-10)9-2-5-13(18)12(17)6-9/h2-7,14-15H,8,19H2,1H3. The molecule has 2 atom stereocenters. The van der Waals surface area contributed by atoms with E-state index in [-0.39, 0.29) is 17.2 Å². The quantitative estimate of drug-likeness (QED) is 0.911. The minimum atomic E-state index is -0.442. The minimum absolute atomic E-state index is 0.0844. The van der Waals surface area contributed by atoms with Crippen LogP contribution in [0.1, 0.15) is 29.7 Å². The van der Waals surface area contributed by atoms with Crippen molar-refractivity contribution in [1.29, 1.82) is 0 Å². The van der Waals surface area contributed by atoms with Crippen molar-refractivity contribution in [3.05, 3.63) is 58.4 Å². The van der Waals surface area contributed by atoms with Gasteiger partial charge < -0.3 is 15.2 Å². The third-order valence-electron chi connectivity index (χ3n) is 3.67. The number of ether oxygens (including phenoxy) is 2. The highest BCUT2D eigenvalue weighted by molar-refractivity contribution is 6.30. The van der Waals surface area contributed by atoms with Gasteiger partial charge in [-0.15, -0.1) is 0 Å². The van der Waals surface area contributed by atoms with Gasteiger partial charge in [0.2, 0.25) is 0 Å². The fourth-order valence-corrected chi connectivity index (χ4v) is 2.71. The summed E-state index contributed by atoms with van der Waals surface area (Å²) < 4.78 is 24.5. The van der Waals surface area contributed by atoms with Gasteiger partial charge in [-0.05, 0) is 23.8 Å². The molecule has 0 aliphatic carbocycles. The van der Waals surface area contributed by atoms with Crippen LogP contribution in [0, 0.1) is 5.82 Å². The Balaban J connectivity index is 1.94. The summed E-state index contributed by atoms with van der Waals surface area (Å²) >= 11 is 5.84. The van der Waals surface area contributed by atoms with Crippen molar-refractivity contribution in [2.24, 2.45) is 5.73 Å². The molecule has 3 nitrogen and oxygen atoms in total. The van der Waals surface area contributed by atoms with E-state index in [1.807, 2.05) is 18.2 Å². The van der Waals surface area contributed by atoms with Crippen molar-refractivity contribution >= 4 is 11.6 Å². The predicted octanol–water partition coefficient (Wildman–Crippen LogP) is 4.01. The lowest BCUT2D eigenvalue weighted by Crippen LogP contribution is -2.24. The lowest BCUT2D eigenvalue weighted by atomic mass is 9.93. The predicted molar refractivity (Wildman–Crippen MR) is 79.3 cm³/mol. The molecule has 0 saturated carbocycles. The number of methoxy groups -OCH3 is 1. The lowest BCUT2D eigenvalue weighted by Gasteiger charge is -2.31. The highest BCUT2D eigenvalue weighted by Gasteiger charge is 2.27. The van der Waals surface area contributed by atoms with E-state index in [0.29, 0.717) is 17.9 Å². The van der Waals surface area contributed by atoms with Crippen LogP contribution in [-0.2, 0) is 0 Å². The van der Waals surface area contributed by atoms with Crippen molar-refractivity contribution in [2.45, 2.75) is 18.6 Å². The number of nitrogens with two attached hydrogens (primary N) is 1. The molecular weight excluding hydrogens is 293 g/mol. The summed E-state index contributed by atoms with van der Waals surface area (Å²) in [5, 5.41) is 0.0844. The van der Waals surface area contributed by atoms with Gasteiger partial charge in [0.25, 0.3) is 0 Å². The number of benzene rings is 2. The Bertz CT molecular complexity index is 677. The second-order valence-electron chi connectivity index (χ2n) is 5.03. The van der Waals surface area contributed by atoms with E-state index in [2.05, 4.69) is 0 Å². The summed E-state index contributed by atoms with van der Waals surface area (Å²) in [5.41, 5.74) is 7.96. The fraction of sp³-hybridized carbons (Fsp3) is 0.250. The molecule has 2 N–H and O–H groups in total. The van der Waals surface area contributed by atoms with Crippen molar-refractivity contribution in [1.82, 2.24) is 0 Å². The van der Waals surface area contributed by atoms with Crippen LogP contribution in [0.25, 0.3) is 0 Å². The van der Waals surface area contributed by atoms with E-state index in [1.165, 1.54) is 6.07 Å². The second kappa shape index (κ2) is 5.54. The maximum atomic E-state index is 13.3. The molecule has 2 aromatic rings. The zero-order valence-corrected chi connectivity index (χ0v) is 12.2. The first-order chi connectivity index (χ1) is 10.1. The lowest BCUT2D eigenvalue weighted by molar-refractivity contribution is 0.161. The SMILES string of the molecule is COc1ccc2c(c1)OC(c1ccc(F)c(Cl)c1)CC2N. The van der Waals surface area contributed by atoms with Crippen molar-refractivity contribution < 1.29 is 13.9 Å². The average Bonchev–Trinajstić information content (AvgIpc) is 2.49. The van der Waals surface area contributed by atoms with Crippen LogP contribution in [0.3, 0.4) is 0 Å². The Morgan fingerprint density at radius 3 is 2.81 bits per heavy atom. The summed E-state index contributed by atoms with van der Waals surface area (Å²) in [6.45, 7) is 0. The molecule has 0 fully saturated rings. The van der Waals surface area contributed by atoms with Gasteiger partial charge in [-0.25, -0.2) is 4.39 Å². The molecule has 2 aromatic carbocycles. The van der Waals surface area contributed by atoms with E-state index in [1.54, 1.807) is 19.2 Å². The van der Waals surface area contributed by atoms with Gasteiger partial charge in [0, 0.05) is 24.1 Å². The summed E-state index contributed by atoms with van der Waals surface area (Å²) in [6, 6.07) is 10.0. The molecule has 0 bridgehead atoms. The van der Waals surface area contributed by atoms with E-state index in [9.17, 15) is 4.39 Å². The van der Waals surface area contributed by atoms with Gasteiger partial charge in [-0.2, -0.15) is 0 Å². The summed E-state index contributed by atoms with van der Waals surface area (Å²) in [4.78, 5) is 0. The number of rotatable bonds is 2. The maximum Gasteiger partial charge on any atom is 0.141 e. The molecule has 0 amide bonds. The summed E-state index contributed by atoms with van der Waals surface area (Å²) in [5.74, 6) is 0.958. The van der Waals surface area contributed by atoms with E-state index in [0.717, 1.165) is 11.1 Å². The third kappa shape index (κ3) is 2.69. The molecule has 21 heavy (non-hydrogen) atoms. The fourth-order valence-electron chi connectivity index (χ4n) is 2.53. The smallest absolute Gasteiger partial charge is 0.141 e. The average molecular weight is 308 g/mol. The zero-order valence-electron chi connectivity index (χ0n) is 11.5. The maximum absolute atomic E-state index is 13.3. The van der Waals surface area contributed by atoms with Gasteiger partial charge >= 0.3 is 0 Å². The molecule has 0 radical (unpaired) electrons. The Morgan fingerprint density at radius 1 is 1.29 bits per heavy atom. The molecule has 110 valence electrons. The monoisotopic (exact) mass is 307 g/mol. The first-order valence-electron chi connectivity index (χ1n) is 6.63. The Hall–Kier alpha value is -1.78. The Kier molecular flexibility index (Phi) is 3.74. The van der Waals surface area contributed by atoms with Gasteiger partial charge in [-0.3, -0.25) is 0 Å². The van der Waals surface area contributed by atoms with Crippen LogP contribution < -0.4 is 15.2 Å². The largest absolute Gasteiger partial charge is 0.497 e. The van der Waals surface area contributed by atoms with Crippen LogP contribution in [0.15, 0.2) is 36.4 Å². The van der Waals surface area contributed by atoms with E-state index in [4.69, 9.17) is 26.8 Å². The summed E-state index contributed by atoms with van der Waals surface area (Å²) in [7, 11) is 1.60. The van der Waals surface area contributed by atoms with E-state index < -0.39 is 5.82 Å². The number of hydrogen-bond donors (Lipinski definition) is 1. The molecule has 3 rings (SSSR count). The van der Waals surface area contributed by atoms with Gasteiger partial charge in [-0.1, -0.05) is 23.7 Å². The van der Waals surface area contributed by atoms with Crippen molar-refractivity contribution in [3.8, 4) is 11.5 Å². The Morgan fingerprint density at radius 2 is 2.10 bits per heavy atom. The van der Waals surface area contributed by atoms with Gasteiger partial charge in [0.15, 0.2) is 0 Å². The third-order valence-corrected chi connectivity index (χ3v) is 3.96. The highest BCUT2D eigenvalue weighted by atomic mass is 35.5. The topological polar surface area (TPSA) is 44.5 Å². The second-order valence-corrected chi connectivity index (χ2v) is 5.43. The number of hydrogen-bond acceptors (Lipinski definition) is 3. The molecule has 0 saturated heterocycles. The first-order valence-corrected chi connectivity index (χ1v) is 7.01. The van der Waals surface area contributed by atoms with Crippen LogP contribution in [0.2, 0.25) is 5.02 Å². The summed E-state index contributed by atoms with van der Waals surface area (Å²) in [6.07, 6.45) is 0.360. The molecule has 1 heterocycles. The van der Waals surface area contributed by atoms with Crippen LogP contribution >= 0.6 is 11.6 Å². The highest BCUT2D eigenvalue weighted by Crippen LogP contribution is 2.41. The molecular formula is C16H15ClFNO2. The van der Waals surface area contributed by atoms with E-state index >= 15 is 0 Å². The molecule has 0 aromatic heterocycles. The van der Waals surface area contributed by atoms with Crippen molar-refractivity contribution in [3.63, 3.8) is 0 Å². The molecule has 5 heteroatoms. The minimum Gasteiger partial charge on any atom is -0.497 e. The molecule has 1 aliphatic rings. The number of fused-ring (bicyclic) bond motifs is 1. The van der Waals surface area contributed by atoms with Gasteiger partial charge in [0.1, 0.15) is 23.4 Å².